The van der Waals surface area contributed by atoms with Crippen LogP contribution in [0.3, 0.4) is 0 Å². The molecule has 26 heavy (non-hydrogen) atoms. The molecule has 0 atom stereocenters. The first-order valence-corrected chi connectivity index (χ1v) is 10.8. The number of carbonyl (C=O) groups is 1. The smallest absolute Gasteiger partial charge is 0.243 e. The van der Waals surface area contributed by atoms with Crippen LogP contribution >= 0.6 is 0 Å². The van der Waals surface area contributed by atoms with Crippen molar-refractivity contribution in [3.8, 4) is 0 Å². The second kappa shape index (κ2) is 9.48. The van der Waals surface area contributed by atoms with Gasteiger partial charge in [-0.1, -0.05) is 32.0 Å². The summed E-state index contributed by atoms with van der Waals surface area (Å²) in [5.41, 5.74) is 0.732. The van der Waals surface area contributed by atoms with Crippen LogP contribution in [0.2, 0.25) is 0 Å². The van der Waals surface area contributed by atoms with E-state index < -0.39 is 10.0 Å². The third kappa shape index (κ3) is 5.53. The number of carbonyl (C=O) groups excluding carboxylic acids is 1. The molecule has 0 saturated carbocycles. The lowest BCUT2D eigenvalue weighted by Gasteiger charge is -2.29. The molecule has 146 valence electrons. The topological polar surface area (TPSA) is 69.7 Å². The number of aryl methyl sites for hydroxylation is 1. The summed E-state index contributed by atoms with van der Waals surface area (Å²) in [6.45, 7) is 9.59. The van der Waals surface area contributed by atoms with E-state index in [0.717, 1.165) is 25.1 Å². The van der Waals surface area contributed by atoms with Gasteiger partial charge in [-0.05, 0) is 30.9 Å². The molecule has 0 radical (unpaired) electrons. The van der Waals surface area contributed by atoms with Crippen LogP contribution in [0, 0.1) is 12.8 Å². The number of amides is 1. The summed E-state index contributed by atoms with van der Waals surface area (Å²) in [7, 11) is -3.60. The van der Waals surface area contributed by atoms with Crippen LogP contribution in [0.15, 0.2) is 29.2 Å². The molecule has 1 fully saturated rings. The van der Waals surface area contributed by atoms with E-state index in [1.165, 1.54) is 4.31 Å². The summed E-state index contributed by atoms with van der Waals surface area (Å²) in [6, 6.07) is 7.03. The molecule has 1 N–H and O–H groups in total. The van der Waals surface area contributed by atoms with E-state index in [-0.39, 0.29) is 18.9 Å². The maximum absolute atomic E-state index is 13.1. The molecule has 0 aromatic heterocycles. The zero-order valence-electron chi connectivity index (χ0n) is 16.1. The lowest BCUT2D eigenvalue weighted by Crippen LogP contribution is -2.47. The summed E-state index contributed by atoms with van der Waals surface area (Å²) in [5.74, 6) is 0.425. The Morgan fingerprint density at radius 3 is 2.46 bits per heavy atom. The fourth-order valence-electron chi connectivity index (χ4n) is 3.03. The number of benzene rings is 1. The molecule has 7 heteroatoms. The molecule has 1 aliphatic rings. The predicted octanol–water partition coefficient (Wildman–Crippen LogP) is 1.85. The maximum Gasteiger partial charge on any atom is 0.243 e. The highest BCUT2D eigenvalue weighted by atomic mass is 32.2. The third-order valence-corrected chi connectivity index (χ3v) is 6.77. The molecule has 1 amide bonds. The highest BCUT2D eigenvalue weighted by Crippen LogP contribution is 2.21. The van der Waals surface area contributed by atoms with Gasteiger partial charge in [0.15, 0.2) is 0 Å². The van der Waals surface area contributed by atoms with E-state index >= 15 is 0 Å². The average molecular weight is 382 g/mol. The second-order valence-corrected chi connectivity index (χ2v) is 9.14. The number of nitrogens with zero attached hydrogens (tertiary/aromatic N) is 2. The molecule has 1 aromatic rings. The number of hydrogen-bond donors (Lipinski definition) is 1. The van der Waals surface area contributed by atoms with Crippen molar-refractivity contribution in [1.82, 2.24) is 14.5 Å². The molecule has 0 bridgehead atoms. The molecule has 1 heterocycles. The van der Waals surface area contributed by atoms with Gasteiger partial charge in [0.25, 0.3) is 0 Å². The van der Waals surface area contributed by atoms with Gasteiger partial charge < -0.3 is 10.2 Å². The molecule has 0 spiro atoms. The van der Waals surface area contributed by atoms with Crippen molar-refractivity contribution >= 4 is 15.9 Å². The standard InChI is InChI=1S/C19H31N3O3S/c1-16(2)8-12-22(13-9-19(23)21-14-10-20-11-15-21)26(24,25)18-7-5-4-6-17(18)3/h4-7,16,20H,8-15H2,1-3H3. The first kappa shape index (κ1) is 20.9. The van der Waals surface area contributed by atoms with Gasteiger partial charge in [0.1, 0.15) is 0 Å². The Balaban J connectivity index is 2.12. The Bertz CT molecular complexity index is 698. The summed E-state index contributed by atoms with van der Waals surface area (Å²) >= 11 is 0. The van der Waals surface area contributed by atoms with Crippen molar-refractivity contribution < 1.29 is 13.2 Å². The maximum atomic E-state index is 13.1. The van der Waals surface area contributed by atoms with Crippen LogP contribution in [0.5, 0.6) is 0 Å². The van der Waals surface area contributed by atoms with Crippen molar-refractivity contribution in [3.63, 3.8) is 0 Å². The van der Waals surface area contributed by atoms with Gasteiger partial charge in [0, 0.05) is 45.7 Å². The fourth-order valence-corrected chi connectivity index (χ4v) is 4.71. The summed E-state index contributed by atoms with van der Waals surface area (Å²) in [5, 5.41) is 3.22. The van der Waals surface area contributed by atoms with Crippen molar-refractivity contribution in [2.45, 2.75) is 38.5 Å². The van der Waals surface area contributed by atoms with E-state index in [1.807, 2.05) is 11.0 Å². The van der Waals surface area contributed by atoms with Crippen molar-refractivity contribution in [2.75, 3.05) is 39.3 Å². The zero-order valence-corrected chi connectivity index (χ0v) is 16.9. The Hall–Kier alpha value is -1.44. The van der Waals surface area contributed by atoms with E-state index in [1.54, 1.807) is 25.1 Å². The van der Waals surface area contributed by atoms with Crippen molar-refractivity contribution in [3.05, 3.63) is 29.8 Å². The quantitative estimate of drug-likeness (QED) is 0.746. The fraction of sp³-hybridized carbons (Fsp3) is 0.632. The third-order valence-electron chi connectivity index (χ3n) is 4.71. The molecular formula is C19H31N3O3S. The number of nitrogens with one attached hydrogen (secondary N) is 1. The molecule has 1 aliphatic heterocycles. The van der Waals surface area contributed by atoms with Crippen molar-refractivity contribution in [2.24, 2.45) is 5.92 Å². The Morgan fingerprint density at radius 2 is 1.85 bits per heavy atom. The Morgan fingerprint density at radius 1 is 1.19 bits per heavy atom. The minimum Gasteiger partial charge on any atom is -0.340 e. The first-order chi connectivity index (χ1) is 12.3. The minimum atomic E-state index is -3.60. The molecule has 1 saturated heterocycles. The predicted molar refractivity (Wildman–Crippen MR) is 103 cm³/mol. The normalized spacial score (nSPS) is 15.7. The number of rotatable bonds is 8. The highest BCUT2D eigenvalue weighted by Gasteiger charge is 2.27. The van der Waals surface area contributed by atoms with Crippen molar-refractivity contribution in [1.29, 1.82) is 0 Å². The lowest BCUT2D eigenvalue weighted by molar-refractivity contribution is -0.131. The van der Waals surface area contributed by atoms with Crippen LogP contribution in [-0.4, -0.2) is 62.8 Å². The van der Waals surface area contributed by atoms with Crippen LogP contribution < -0.4 is 5.32 Å². The number of piperazine rings is 1. The van der Waals surface area contributed by atoms with Gasteiger partial charge in [-0.2, -0.15) is 4.31 Å². The Labute approximate surface area is 157 Å². The van der Waals surface area contributed by atoms with Crippen LogP contribution in [0.4, 0.5) is 0 Å². The molecule has 6 nitrogen and oxygen atoms in total. The monoisotopic (exact) mass is 381 g/mol. The summed E-state index contributed by atoms with van der Waals surface area (Å²) < 4.78 is 27.8. The molecule has 0 unspecified atom stereocenters. The van der Waals surface area contributed by atoms with Gasteiger partial charge in [0.2, 0.25) is 15.9 Å². The van der Waals surface area contributed by atoms with Gasteiger partial charge in [0.05, 0.1) is 4.90 Å². The first-order valence-electron chi connectivity index (χ1n) is 9.36. The van der Waals surface area contributed by atoms with Crippen LogP contribution in [-0.2, 0) is 14.8 Å². The van der Waals surface area contributed by atoms with Gasteiger partial charge in [-0.25, -0.2) is 8.42 Å². The van der Waals surface area contributed by atoms with Gasteiger partial charge >= 0.3 is 0 Å². The zero-order chi connectivity index (χ0) is 19.2. The average Bonchev–Trinajstić information content (AvgIpc) is 2.62. The highest BCUT2D eigenvalue weighted by molar-refractivity contribution is 7.89. The van der Waals surface area contributed by atoms with E-state index in [9.17, 15) is 13.2 Å². The summed E-state index contributed by atoms with van der Waals surface area (Å²) in [4.78, 5) is 14.6. The van der Waals surface area contributed by atoms with E-state index in [0.29, 0.717) is 30.4 Å². The minimum absolute atomic E-state index is 0.0287. The largest absolute Gasteiger partial charge is 0.340 e. The molecule has 0 aliphatic carbocycles. The number of hydrogen-bond acceptors (Lipinski definition) is 4. The van der Waals surface area contributed by atoms with Crippen LogP contribution in [0.25, 0.3) is 0 Å². The van der Waals surface area contributed by atoms with E-state index in [4.69, 9.17) is 0 Å². The Kier molecular flexibility index (Phi) is 7.61. The van der Waals surface area contributed by atoms with E-state index in [2.05, 4.69) is 19.2 Å². The number of sulfonamides is 1. The molecular weight excluding hydrogens is 350 g/mol. The SMILES string of the molecule is Cc1ccccc1S(=O)(=O)N(CCC(=O)N1CCNCC1)CCC(C)C. The van der Waals surface area contributed by atoms with Gasteiger partial charge in [-0.15, -0.1) is 0 Å². The summed E-state index contributed by atoms with van der Waals surface area (Å²) in [6.07, 6.45) is 0.996. The molecule has 2 rings (SSSR count). The molecule has 1 aromatic carbocycles. The van der Waals surface area contributed by atoms with Gasteiger partial charge in [-0.3, -0.25) is 4.79 Å². The second-order valence-electron chi connectivity index (χ2n) is 7.23. The lowest BCUT2D eigenvalue weighted by atomic mass is 10.1. The van der Waals surface area contributed by atoms with Crippen LogP contribution in [0.1, 0.15) is 32.3 Å².